The highest BCUT2D eigenvalue weighted by Gasteiger charge is 2.27. The molecule has 0 aliphatic carbocycles. The summed E-state index contributed by atoms with van der Waals surface area (Å²) in [4.78, 5) is 11.5. The van der Waals surface area contributed by atoms with Gasteiger partial charge in [0, 0.05) is 5.69 Å². The molecule has 9 heteroatoms. The van der Waals surface area contributed by atoms with Gasteiger partial charge in [-0.2, -0.15) is 13.2 Å². The lowest BCUT2D eigenvalue weighted by Gasteiger charge is -2.10. The van der Waals surface area contributed by atoms with Crippen molar-refractivity contribution in [1.82, 2.24) is 5.32 Å². The molecule has 0 aliphatic rings. The number of hydrogen-bond acceptors (Lipinski definition) is 3. The molecule has 2 aromatic rings. The first-order valence-corrected chi connectivity index (χ1v) is 8.64. The molecule has 0 atom stereocenters. The van der Waals surface area contributed by atoms with Gasteiger partial charge in [-0.25, -0.2) is 8.42 Å². The van der Waals surface area contributed by atoms with Crippen molar-refractivity contribution in [1.29, 1.82) is 0 Å². The predicted octanol–water partition coefficient (Wildman–Crippen LogP) is 2.71. The zero-order chi connectivity index (χ0) is 18.5. The maximum absolute atomic E-state index is 12.2. The zero-order valence-electron chi connectivity index (χ0n) is 12.9. The van der Waals surface area contributed by atoms with Crippen molar-refractivity contribution in [3.63, 3.8) is 0 Å². The summed E-state index contributed by atoms with van der Waals surface area (Å²) in [5.74, 6) is -0.769. The average molecular weight is 372 g/mol. The summed E-state index contributed by atoms with van der Waals surface area (Å²) in [6.07, 6.45) is -4.70. The molecule has 0 saturated heterocycles. The van der Waals surface area contributed by atoms with E-state index in [1.165, 1.54) is 36.4 Å². The molecule has 25 heavy (non-hydrogen) atoms. The largest absolute Gasteiger partial charge is 0.405 e. The third-order valence-corrected chi connectivity index (χ3v) is 4.51. The lowest BCUT2D eigenvalue weighted by Crippen LogP contribution is -2.34. The third-order valence-electron chi connectivity index (χ3n) is 3.11. The monoisotopic (exact) mass is 372 g/mol. The molecule has 0 spiro atoms. The molecule has 2 rings (SSSR count). The van der Waals surface area contributed by atoms with Gasteiger partial charge < -0.3 is 5.32 Å². The minimum Gasteiger partial charge on any atom is -0.347 e. The first kappa shape index (κ1) is 18.8. The Morgan fingerprint density at radius 3 is 2.12 bits per heavy atom. The van der Waals surface area contributed by atoms with Gasteiger partial charge in [-0.15, -0.1) is 0 Å². The van der Waals surface area contributed by atoms with Crippen molar-refractivity contribution in [2.45, 2.75) is 17.5 Å². The Morgan fingerprint density at radius 2 is 1.56 bits per heavy atom. The highest BCUT2D eigenvalue weighted by atomic mass is 32.2. The van der Waals surface area contributed by atoms with Gasteiger partial charge in [0.1, 0.15) is 6.54 Å². The van der Waals surface area contributed by atoms with Crippen LogP contribution < -0.4 is 10.0 Å². The van der Waals surface area contributed by atoms with E-state index in [2.05, 4.69) is 4.72 Å². The van der Waals surface area contributed by atoms with Crippen molar-refractivity contribution >= 4 is 21.6 Å². The summed E-state index contributed by atoms with van der Waals surface area (Å²) in [6, 6.07) is 13.6. The molecule has 0 heterocycles. The van der Waals surface area contributed by atoms with E-state index in [0.717, 1.165) is 0 Å². The van der Waals surface area contributed by atoms with Crippen LogP contribution in [0, 0.1) is 0 Å². The second-order valence-corrected chi connectivity index (χ2v) is 6.87. The summed E-state index contributed by atoms with van der Waals surface area (Å²) >= 11 is 0. The maximum Gasteiger partial charge on any atom is 0.405 e. The van der Waals surface area contributed by atoms with Crippen LogP contribution >= 0.6 is 0 Å². The lowest BCUT2D eigenvalue weighted by atomic mass is 10.1. The number of hydrogen-bond donors (Lipinski definition) is 2. The number of halogens is 3. The van der Waals surface area contributed by atoms with Gasteiger partial charge in [-0.3, -0.25) is 9.52 Å². The van der Waals surface area contributed by atoms with Gasteiger partial charge in [0.2, 0.25) is 5.91 Å². The van der Waals surface area contributed by atoms with Crippen LogP contribution in [0.3, 0.4) is 0 Å². The summed E-state index contributed by atoms with van der Waals surface area (Å²) in [5.41, 5.74) is 0.741. The van der Waals surface area contributed by atoms with Gasteiger partial charge in [0.05, 0.1) is 11.3 Å². The Labute approximate surface area is 142 Å². The topological polar surface area (TPSA) is 75.3 Å². The number of carbonyl (C=O) groups excluding carboxylic acids is 1. The Balaban J connectivity index is 1.97. The van der Waals surface area contributed by atoms with Gasteiger partial charge in [0.25, 0.3) is 10.0 Å². The predicted molar refractivity (Wildman–Crippen MR) is 86.5 cm³/mol. The van der Waals surface area contributed by atoms with E-state index in [0.29, 0.717) is 5.56 Å². The minimum absolute atomic E-state index is 0.102. The lowest BCUT2D eigenvalue weighted by molar-refractivity contribution is -0.138. The molecule has 0 aromatic heterocycles. The van der Waals surface area contributed by atoms with E-state index < -0.39 is 28.7 Å². The highest BCUT2D eigenvalue weighted by Crippen LogP contribution is 2.17. The Morgan fingerprint density at radius 1 is 0.960 bits per heavy atom. The number of sulfonamides is 1. The fraction of sp³-hybridized carbons (Fsp3) is 0.188. The highest BCUT2D eigenvalue weighted by molar-refractivity contribution is 7.92. The van der Waals surface area contributed by atoms with E-state index in [-0.39, 0.29) is 17.0 Å². The summed E-state index contributed by atoms with van der Waals surface area (Å²) in [5, 5.41) is 1.77. The molecule has 2 aromatic carbocycles. The van der Waals surface area contributed by atoms with E-state index >= 15 is 0 Å². The fourth-order valence-corrected chi connectivity index (χ4v) is 3.03. The van der Waals surface area contributed by atoms with Crippen LogP contribution in [0.5, 0.6) is 0 Å². The average Bonchev–Trinajstić information content (AvgIpc) is 2.55. The number of anilines is 1. The first-order chi connectivity index (χ1) is 11.7. The Kier molecular flexibility index (Phi) is 5.68. The van der Waals surface area contributed by atoms with Crippen molar-refractivity contribution in [3.05, 3.63) is 60.2 Å². The molecule has 134 valence electrons. The summed E-state index contributed by atoms with van der Waals surface area (Å²) < 4.78 is 62.8. The smallest absolute Gasteiger partial charge is 0.347 e. The number of rotatable bonds is 6. The molecule has 0 unspecified atom stereocenters. The standard InChI is InChI=1S/C16H15F3N2O3S/c17-16(18,19)11-20-15(22)10-12-6-8-13(9-7-12)21-25(23,24)14-4-2-1-3-5-14/h1-9,21H,10-11H2,(H,20,22). The normalized spacial score (nSPS) is 11.8. The fourth-order valence-electron chi connectivity index (χ4n) is 1.95. The van der Waals surface area contributed by atoms with Crippen LogP contribution in [-0.2, 0) is 21.2 Å². The number of carbonyl (C=O) groups is 1. The van der Waals surface area contributed by atoms with Crippen LogP contribution in [0.2, 0.25) is 0 Å². The minimum atomic E-state index is -4.46. The molecule has 1 amide bonds. The second kappa shape index (κ2) is 7.56. The molecular weight excluding hydrogens is 357 g/mol. The summed E-state index contributed by atoms with van der Waals surface area (Å²) in [7, 11) is -3.73. The number of amides is 1. The van der Waals surface area contributed by atoms with Gasteiger partial charge in [-0.05, 0) is 29.8 Å². The van der Waals surface area contributed by atoms with E-state index in [1.807, 2.05) is 0 Å². The number of alkyl halides is 3. The molecule has 0 aliphatic heterocycles. The molecule has 5 nitrogen and oxygen atoms in total. The molecular formula is C16H15F3N2O3S. The Bertz CT molecular complexity index is 820. The van der Waals surface area contributed by atoms with Crippen LogP contribution in [0.25, 0.3) is 0 Å². The van der Waals surface area contributed by atoms with Gasteiger partial charge in [-0.1, -0.05) is 30.3 Å². The van der Waals surface area contributed by atoms with Gasteiger partial charge in [0.15, 0.2) is 0 Å². The van der Waals surface area contributed by atoms with Crippen molar-refractivity contribution in [3.8, 4) is 0 Å². The quantitative estimate of drug-likeness (QED) is 0.819. The van der Waals surface area contributed by atoms with Crippen molar-refractivity contribution < 1.29 is 26.4 Å². The second-order valence-electron chi connectivity index (χ2n) is 5.18. The zero-order valence-corrected chi connectivity index (χ0v) is 13.7. The van der Waals surface area contributed by atoms with Crippen molar-refractivity contribution in [2.24, 2.45) is 0 Å². The molecule has 0 saturated carbocycles. The van der Waals surface area contributed by atoms with Crippen LogP contribution in [0.15, 0.2) is 59.5 Å². The van der Waals surface area contributed by atoms with Crippen LogP contribution in [0.4, 0.5) is 18.9 Å². The molecule has 2 N–H and O–H groups in total. The van der Waals surface area contributed by atoms with Crippen LogP contribution in [0.1, 0.15) is 5.56 Å². The first-order valence-electron chi connectivity index (χ1n) is 7.16. The van der Waals surface area contributed by atoms with E-state index in [9.17, 15) is 26.4 Å². The van der Waals surface area contributed by atoms with E-state index in [1.54, 1.807) is 23.5 Å². The maximum atomic E-state index is 12.2. The van der Waals surface area contributed by atoms with Crippen LogP contribution in [-0.4, -0.2) is 27.0 Å². The number of benzene rings is 2. The molecule has 0 bridgehead atoms. The molecule has 0 fully saturated rings. The van der Waals surface area contributed by atoms with E-state index in [4.69, 9.17) is 0 Å². The van der Waals surface area contributed by atoms with Crippen molar-refractivity contribution in [2.75, 3.05) is 11.3 Å². The Hall–Kier alpha value is -2.55. The third kappa shape index (κ3) is 6.11. The SMILES string of the molecule is O=C(Cc1ccc(NS(=O)(=O)c2ccccc2)cc1)NCC(F)(F)F. The van der Waals surface area contributed by atoms with Gasteiger partial charge >= 0.3 is 6.18 Å². The summed E-state index contributed by atoms with van der Waals surface area (Å²) in [6.45, 7) is -1.39. The number of nitrogens with one attached hydrogen (secondary N) is 2. The molecule has 0 radical (unpaired) electrons.